The summed E-state index contributed by atoms with van der Waals surface area (Å²) in [4.78, 5) is 26.2. The molecule has 2 aliphatic heterocycles. The highest BCUT2D eigenvalue weighted by molar-refractivity contribution is 5.69. The second-order valence-corrected chi connectivity index (χ2v) is 7.97. The van der Waals surface area contributed by atoms with E-state index in [9.17, 15) is 18.0 Å². The molecule has 2 aromatic rings. The summed E-state index contributed by atoms with van der Waals surface area (Å²) >= 11 is 0. The van der Waals surface area contributed by atoms with Crippen LogP contribution in [0, 0.1) is 13.8 Å². The molecule has 0 spiro atoms. The molecule has 2 fully saturated rings. The van der Waals surface area contributed by atoms with Crippen molar-refractivity contribution in [2.75, 3.05) is 6.61 Å². The van der Waals surface area contributed by atoms with Gasteiger partial charge in [0.05, 0.1) is 11.3 Å². The van der Waals surface area contributed by atoms with E-state index in [1.807, 2.05) is 6.92 Å². The van der Waals surface area contributed by atoms with E-state index in [0.29, 0.717) is 54.5 Å². The highest BCUT2D eigenvalue weighted by Crippen LogP contribution is 2.38. The third-order valence-electron chi connectivity index (χ3n) is 5.69. The molecule has 1 amide bonds. The van der Waals surface area contributed by atoms with Crippen LogP contribution in [0.2, 0.25) is 0 Å². The first-order valence-electron chi connectivity index (χ1n) is 10.3. The molecule has 4 rings (SSSR count). The molecule has 0 unspecified atom stereocenters. The van der Waals surface area contributed by atoms with Crippen LogP contribution in [0.25, 0.3) is 0 Å². The molecule has 4 heterocycles. The summed E-state index contributed by atoms with van der Waals surface area (Å²) < 4.78 is 53.6. The predicted molar refractivity (Wildman–Crippen MR) is 106 cm³/mol. The molecule has 2 aromatic heterocycles. The molecule has 0 aliphatic carbocycles. The summed E-state index contributed by atoms with van der Waals surface area (Å²) in [7, 11) is 0. The number of piperidine rings is 1. The van der Waals surface area contributed by atoms with Gasteiger partial charge in [-0.2, -0.15) is 13.2 Å². The number of hydrogen-bond acceptors (Lipinski definition) is 7. The molecular weight excluding hydrogens is 429 g/mol. The summed E-state index contributed by atoms with van der Waals surface area (Å²) in [6, 6.07) is 3.10. The molecule has 0 radical (unpaired) electrons. The largest absolute Gasteiger partial charge is 0.474 e. The molecule has 2 saturated heterocycles. The van der Waals surface area contributed by atoms with Crippen molar-refractivity contribution in [2.24, 2.45) is 0 Å². The normalized spacial score (nSPS) is 22.5. The zero-order chi connectivity index (χ0) is 22.9. The van der Waals surface area contributed by atoms with Crippen molar-refractivity contribution >= 4 is 6.09 Å². The van der Waals surface area contributed by atoms with Gasteiger partial charge in [-0.3, -0.25) is 4.98 Å². The smallest absolute Gasteiger partial charge is 0.422 e. The van der Waals surface area contributed by atoms with E-state index in [1.165, 1.54) is 11.2 Å². The number of halogens is 3. The Hall–Kier alpha value is -3.11. The topological polar surface area (TPSA) is 86.7 Å². The van der Waals surface area contributed by atoms with Gasteiger partial charge in [0, 0.05) is 31.1 Å². The van der Waals surface area contributed by atoms with Crippen molar-refractivity contribution in [3.8, 4) is 17.5 Å². The number of pyridine rings is 1. The summed E-state index contributed by atoms with van der Waals surface area (Å²) in [6.45, 7) is 2.03. The van der Waals surface area contributed by atoms with Gasteiger partial charge in [-0.1, -0.05) is 0 Å². The molecule has 0 saturated carbocycles. The number of carbonyl (C=O) groups is 1. The second-order valence-electron chi connectivity index (χ2n) is 7.97. The van der Waals surface area contributed by atoms with Gasteiger partial charge in [-0.25, -0.2) is 14.8 Å². The Balaban J connectivity index is 1.41. The number of aryl methyl sites for hydroxylation is 1. The number of nitrogens with zero attached hydrogens (tertiary/aromatic N) is 4. The second kappa shape index (κ2) is 8.79. The van der Waals surface area contributed by atoms with Crippen molar-refractivity contribution in [3.05, 3.63) is 35.9 Å². The summed E-state index contributed by atoms with van der Waals surface area (Å²) in [5.74, 6) is 1.29. The van der Waals surface area contributed by atoms with Gasteiger partial charge in [0.25, 0.3) is 0 Å². The van der Waals surface area contributed by atoms with E-state index >= 15 is 0 Å². The summed E-state index contributed by atoms with van der Waals surface area (Å²) in [5, 5.41) is 0. The Morgan fingerprint density at radius 1 is 1.12 bits per heavy atom. The Morgan fingerprint density at radius 2 is 1.81 bits per heavy atom. The van der Waals surface area contributed by atoms with Crippen LogP contribution in [0.15, 0.2) is 24.7 Å². The van der Waals surface area contributed by atoms with Crippen LogP contribution in [0.4, 0.5) is 18.0 Å². The minimum atomic E-state index is -4.55. The standard InChI is InChI=1S/C21H23F3N4O4/c1-12-18(26-11-27-19(12)32-17-4-3-7-25-13(17)2)31-16-8-14-5-6-15(9-16)28(14)20(29)30-10-21(22,23)24/h3-4,7,11,14-16H,5-6,8-10H2,1-2H3/t14-,15-/m0/s1. The molecule has 2 atom stereocenters. The third kappa shape index (κ3) is 4.86. The van der Waals surface area contributed by atoms with Crippen LogP contribution >= 0.6 is 0 Å². The van der Waals surface area contributed by atoms with Crippen molar-refractivity contribution in [1.82, 2.24) is 19.9 Å². The van der Waals surface area contributed by atoms with Crippen LogP contribution in [-0.2, 0) is 4.74 Å². The number of carbonyl (C=O) groups excluding carboxylic acids is 1. The number of alkyl halides is 3. The van der Waals surface area contributed by atoms with E-state index in [2.05, 4.69) is 19.7 Å². The number of ether oxygens (including phenoxy) is 3. The molecule has 2 aliphatic rings. The predicted octanol–water partition coefficient (Wildman–Crippen LogP) is 4.35. The molecule has 172 valence electrons. The molecule has 11 heteroatoms. The van der Waals surface area contributed by atoms with Gasteiger partial charge < -0.3 is 19.1 Å². The van der Waals surface area contributed by atoms with Crippen LogP contribution in [0.5, 0.6) is 17.5 Å². The lowest BCUT2D eigenvalue weighted by Crippen LogP contribution is -2.50. The minimum Gasteiger partial charge on any atom is -0.474 e. The van der Waals surface area contributed by atoms with Crippen LogP contribution in [0.1, 0.15) is 36.9 Å². The molecular formula is C21H23F3N4O4. The first-order valence-corrected chi connectivity index (χ1v) is 10.3. The first-order chi connectivity index (χ1) is 15.2. The fraction of sp³-hybridized carbons (Fsp3) is 0.524. The van der Waals surface area contributed by atoms with E-state index in [-0.39, 0.29) is 18.2 Å². The number of amides is 1. The fourth-order valence-corrected chi connectivity index (χ4v) is 4.22. The monoisotopic (exact) mass is 452 g/mol. The fourth-order valence-electron chi connectivity index (χ4n) is 4.22. The molecule has 8 nitrogen and oxygen atoms in total. The molecule has 32 heavy (non-hydrogen) atoms. The number of aromatic nitrogens is 3. The Labute approximate surface area is 182 Å². The van der Waals surface area contributed by atoms with Crippen LogP contribution in [0.3, 0.4) is 0 Å². The minimum absolute atomic E-state index is 0.226. The maximum atomic E-state index is 12.4. The highest BCUT2D eigenvalue weighted by Gasteiger charge is 2.46. The van der Waals surface area contributed by atoms with E-state index in [1.54, 1.807) is 25.3 Å². The summed E-state index contributed by atoms with van der Waals surface area (Å²) in [5.41, 5.74) is 1.34. The lowest BCUT2D eigenvalue weighted by Gasteiger charge is -2.38. The molecule has 0 N–H and O–H groups in total. The van der Waals surface area contributed by atoms with Crippen molar-refractivity contribution in [2.45, 2.75) is 63.9 Å². The lowest BCUT2D eigenvalue weighted by molar-refractivity contribution is -0.163. The molecule has 2 bridgehead atoms. The Morgan fingerprint density at radius 3 is 2.47 bits per heavy atom. The molecule has 0 aromatic carbocycles. The van der Waals surface area contributed by atoms with Gasteiger partial charge in [-0.15, -0.1) is 0 Å². The van der Waals surface area contributed by atoms with E-state index in [0.717, 1.165) is 0 Å². The number of fused-ring (bicyclic) bond motifs is 2. The highest BCUT2D eigenvalue weighted by atomic mass is 19.4. The van der Waals surface area contributed by atoms with E-state index < -0.39 is 18.9 Å². The number of hydrogen-bond donors (Lipinski definition) is 0. The third-order valence-corrected chi connectivity index (χ3v) is 5.69. The van der Waals surface area contributed by atoms with Crippen molar-refractivity contribution in [1.29, 1.82) is 0 Å². The lowest BCUT2D eigenvalue weighted by atomic mass is 10.0. The SMILES string of the molecule is Cc1ncccc1Oc1ncnc(OC2C[C@@H]3CC[C@@H](C2)N3C(=O)OCC(F)(F)F)c1C. The van der Waals surface area contributed by atoms with Gasteiger partial charge >= 0.3 is 12.3 Å². The quantitative estimate of drug-likeness (QED) is 0.666. The number of rotatable bonds is 5. The average molecular weight is 452 g/mol. The Kier molecular flexibility index (Phi) is 6.07. The first kappa shape index (κ1) is 22.1. The zero-order valence-corrected chi connectivity index (χ0v) is 17.6. The Bertz CT molecular complexity index is 974. The van der Waals surface area contributed by atoms with Crippen molar-refractivity contribution in [3.63, 3.8) is 0 Å². The van der Waals surface area contributed by atoms with Gasteiger partial charge in [0.15, 0.2) is 12.4 Å². The zero-order valence-electron chi connectivity index (χ0n) is 17.6. The van der Waals surface area contributed by atoms with Gasteiger partial charge in [0.2, 0.25) is 11.8 Å². The van der Waals surface area contributed by atoms with Crippen molar-refractivity contribution < 1.29 is 32.2 Å². The van der Waals surface area contributed by atoms with Gasteiger partial charge in [0.1, 0.15) is 12.4 Å². The van der Waals surface area contributed by atoms with Gasteiger partial charge in [-0.05, 0) is 38.8 Å². The average Bonchev–Trinajstić information content (AvgIpc) is 3.01. The summed E-state index contributed by atoms with van der Waals surface area (Å²) in [6.07, 6.45) is -0.321. The van der Waals surface area contributed by atoms with Crippen LogP contribution in [-0.4, -0.2) is 56.9 Å². The maximum absolute atomic E-state index is 12.4. The maximum Gasteiger partial charge on any atom is 0.422 e. The van der Waals surface area contributed by atoms with Crippen LogP contribution < -0.4 is 9.47 Å². The van der Waals surface area contributed by atoms with E-state index in [4.69, 9.17) is 9.47 Å².